The topological polar surface area (TPSA) is 134 Å². The third kappa shape index (κ3) is 4.87. The molecule has 0 saturated heterocycles. The van der Waals surface area contributed by atoms with Gasteiger partial charge in [0, 0.05) is 19.5 Å². The van der Waals surface area contributed by atoms with E-state index in [4.69, 9.17) is 10.9 Å². The van der Waals surface area contributed by atoms with Gasteiger partial charge in [-0.25, -0.2) is 9.52 Å². The van der Waals surface area contributed by atoms with E-state index in [9.17, 15) is 13.2 Å². The average Bonchev–Trinajstić information content (AvgIpc) is 2.26. The van der Waals surface area contributed by atoms with E-state index in [1.54, 1.807) is 11.6 Å². The van der Waals surface area contributed by atoms with Crippen LogP contribution >= 0.6 is 0 Å². The van der Waals surface area contributed by atoms with Crippen LogP contribution in [0, 0.1) is 5.92 Å². The highest BCUT2D eigenvalue weighted by atomic mass is 32.2. The molecule has 9 nitrogen and oxygen atoms in total. The number of rotatable bonds is 5. The predicted molar refractivity (Wildman–Crippen MR) is 59.7 cm³/mol. The number of nitrogens with two attached hydrogens (primary N) is 1. The summed E-state index contributed by atoms with van der Waals surface area (Å²) in [7, 11) is -1.70. The summed E-state index contributed by atoms with van der Waals surface area (Å²) < 4.78 is 29.7. The van der Waals surface area contributed by atoms with Crippen molar-refractivity contribution in [3.8, 4) is 0 Å². The SMILES string of the molecule is COC(=O)NS(=O)(=O)N(C)CC(C)C(N)=NO. The van der Waals surface area contributed by atoms with Crippen molar-refractivity contribution < 1.29 is 23.2 Å². The lowest BCUT2D eigenvalue weighted by molar-refractivity contribution is 0.177. The second kappa shape index (κ2) is 6.25. The van der Waals surface area contributed by atoms with Crippen molar-refractivity contribution in [2.75, 3.05) is 20.7 Å². The van der Waals surface area contributed by atoms with Crippen LogP contribution < -0.4 is 10.5 Å². The first kappa shape index (κ1) is 15.4. The first-order chi connectivity index (χ1) is 7.74. The number of ether oxygens (including phenoxy) is 1. The van der Waals surface area contributed by atoms with Crippen LogP contribution in [-0.4, -0.2) is 50.6 Å². The number of nitrogens with zero attached hydrogens (tertiary/aromatic N) is 2. The first-order valence-corrected chi connectivity index (χ1v) is 5.98. The molecule has 4 N–H and O–H groups in total. The van der Waals surface area contributed by atoms with Gasteiger partial charge in [-0.05, 0) is 0 Å². The van der Waals surface area contributed by atoms with Crippen LogP contribution in [0.2, 0.25) is 0 Å². The summed E-state index contributed by atoms with van der Waals surface area (Å²) in [5, 5.41) is 11.2. The van der Waals surface area contributed by atoms with Crippen LogP contribution in [0.15, 0.2) is 5.16 Å². The molecule has 0 aliphatic heterocycles. The van der Waals surface area contributed by atoms with Crippen LogP contribution in [0.1, 0.15) is 6.92 Å². The second-order valence-electron chi connectivity index (χ2n) is 3.31. The van der Waals surface area contributed by atoms with Gasteiger partial charge in [0.05, 0.1) is 7.11 Å². The van der Waals surface area contributed by atoms with Gasteiger partial charge < -0.3 is 15.7 Å². The van der Waals surface area contributed by atoms with Crippen molar-refractivity contribution in [3.63, 3.8) is 0 Å². The van der Waals surface area contributed by atoms with Gasteiger partial charge in [0.15, 0.2) is 0 Å². The second-order valence-corrected chi connectivity index (χ2v) is 5.08. The lowest BCUT2D eigenvalue weighted by Gasteiger charge is -2.20. The minimum Gasteiger partial charge on any atom is -0.452 e. The predicted octanol–water partition coefficient (Wildman–Crippen LogP) is -1.10. The number of carbonyl (C=O) groups is 1. The van der Waals surface area contributed by atoms with E-state index >= 15 is 0 Å². The molecule has 0 heterocycles. The van der Waals surface area contributed by atoms with Gasteiger partial charge in [-0.2, -0.15) is 12.7 Å². The molecule has 0 aliphatic carbocycles. The van der Waals surface area contributed by atoms with Crippen molar-refractivity contribution in [3.05, 3.63) is 0 Å². The summed E-state index contributed by atoms with van der Waals surface area (Å²) >= 11 is 0. The number of hydrogen-bond acceptors (Lipinski definition) is 6. The Morgan fingerprint density at radius 1 is 1.65 bits per heavy atom. The summed E-state index contributed by atoms with van der Waals surface area (Å²) in [6, 6.07) is 0. The van der Waals surface area contributed by atoms with Crippen molar-refractivity contribution in [2.45, 2.75) is 6.92 Å². The Morgan fingerprint density at radius 3 is 2.59 bits per heavy atom. The number of hydrogen-bond donors (Lipinski definition) is 3. The van der Waals surface area contributed by atoms with Crippen LogP contribution in [0.25, 0.3) is 0 Å². The van der Waals surface area contributed by atoms with Gasteiger partial charge in [-0.3, -0.25) is 0 Å². The van der Waals surface area contributed by atoms with Crippen molar-refractivity contribution in [2.24, 2.45) is 16.8 Å². The Kier molecular flexibility index (Phi) is 5.68. The fraction of sp³-hybridized carbons (Fsp3) is 0.714. The fourth-order valence-electron chi connectivity index (χ4n) is 0.901. The maximum atomic E-state index is 11.5. The maximum Gasteiger partial charge on any atom is 0.421 e. The Labute approximate surface area is 99.4 Å². The van der Waals surface area contributed by atoms with Gasteiger partial charge in [0.2, 0.25) is 0 Å². The first-order valence-electron chi connectivity index (χ1n) is 4.54. The Morgan fingerprint density at radius 2 is 2.18 bits per heavy atom. The summed E-state index contributed by atoms with van der Waals surface area (Å²) in [5.41, 5.74) is 5.30. The number of methoxy groups -OCH3 is 1. The molecule has 1 amide bonds. The molecule has 1 atom stereocenters. The minimum absolute atomic E-state index is 0.0534. The quantitative estimate of drug-likeness (QED) is 0.251. The van der Waals surface area contributed by atoms with Crippen molar-refractivity contribution in [1.82, 2.24) is 9.03 Å². The van der Waals surface area contributed by atoms with Crippen LogP contribution in [0.4, 0.5) is 4.79 Å². The van der Waals surface area contributed by atoms with Gasteiger partial charge in [-0.1, -0.05) is 12.1 Å². The molecule has 0 aromatic rings. The highest BCUT2D eigenvalue weighted by Gasteiger charge is 2.23. The third-order valence-electron chi connectivity index (χ3n) is 1.96. The maximum absolute atomic E-state index is 11.5. The van der Waals surface area contributed by atoms with Gasteiger partial charge in [0.1, 0.15) is 5.84 Å². The van der Waals surface area contributed by atoms with E-state index in [2.05, 4.69) is 9.89 Å². The molecular weight excluding hydrogens is 252 g/mol. The fourth-order valence-corrected chi connectivity index (χ4v) is 1.77. The van der Waals surface area contributed by atoms with E-state index in [0.717, 1.165) is 11.4 Å². The Balaban J connectivity index is 4.60. The number of amidine groups is 1. The molecule has 0 bridgehead atoms. The number of carbonyl (C=O) groups excluding carboxylic acids is 1. The zero-order valence-corrected chi connectivity index (χ0v) is 10.6. The van der Waals surface area contributed by atoms with E-state index in [1.165, 1.54) is 7.05 Å². The number of oxime groups is 1. The lowest BCUT2D eigenvalue weighted by atomic mass is 10.2. The molecule has 0 fully saturated rings. The highest BCUT2D eigenvalue weighted by Crippen LogP contribution is 2.02. The standard InChI is InChI=1S/C7H16N4O5S/c1-5(6(8)9-13)4-11(2)17(14,15)10-7(12)16-3/h5,13H,4H2,1-3H3,(H2,8,9)(H,10,12). The summed E-state index contributed by atoms with van der Waals surface area (Å²) in [6.07, 6.45) is -1.09. The highest BCUT2D eigenvalue weighted by molar-refractivity contribution is 7.87. The van der Waals surface area contributed by atoms with E-state index in [-0.39, 0.29) is 12.4 Å². The molecule has 0 aromatic carbocycles. The molecular formula is C7H16N4O5S. The molecule has 0 radical (unpaired) electrons. The van der Waals surface area contributed by atoms with E-state index in [0.29, 0.717) is 0 Å². The largest absolute Gasteiger partial charge is 0.452 e. The van der Waals surface area contributed by atoms with E-state index < -0.39 is 22.2 Å². The summed E-state index contributed by atoms with van der Waals surface area (Å²) in [4.78, 5) is 10.8. The molecule has 0 spiro atoms. The third-order valence-corrected chi connectivity index (χ3v) is 3.35. The monoisotopic (exact) mass is 268 g/mol. The molecule has 1 unspecified atom stereocenters. The zero-order valence-electron chi connectivity index (χ0n) is 9.74. The molecule has 17 heavy (non-hydrogen) atoms. The molecule has 0 saturated carbocycles. The van der Waals surface area contributed by atoms with Crippen LogP contribution in [-0.2, 0) is 14.9 Å². The van der Waals surface area contributed by atoms with Crippen molar-refractivity contribution >= 4 is 22.1 Å². The molecule has 0 aliphatic rings. The molecule has 0 aromatic heterocycles. The van der Waals surface area contributed by atoms with Crippen LogP contribution in [0.3, 0.4) is 0 Å². The lowest BCUT2D eigenvalue weighted by Crippen LogP contribution is -2.44. The Bertz CT molecular complexity index is 393. The molecule has 10 heteroatoms. The van der Waals surface area contributed by atoms with Gasteiger partial charge in [0.25, 0.3) is 0 Å². The smallest absolute Gasteiger partial charge is 0.421 e. The van der Waals surface area contributed by atoms with Gasteiger partial charge >= 0.3 is 16.3 Å². The van der Waals surface area contributed by atoms with Crippen LogP contribution in [0.5, 0.6) is 0 Å². The minimum atomic E-state index is -3.99. The zero-order chi connectivity index (χ0) is 13.6. The average molecular weight is 268 g/mol. The Hall–Kier alpha value is -1.55. The molecule has 100 valence electrons. The van der Waals surface area contributed by atoms with Gasteiger partial charge in [-0.15, -0.1) is 0 Å². The summed E-state index contributed by atoms with van der Waals surface area (Å²) in [6.45, 7) is 1.52. The molecule has 0 rings (SSSR count). The normalized spacial score (nSPS) is 14.5. The summed E-state index contributed by atoms with van der Waals surface area (Å²) in [5.74, 6) is -0.607. The number of nitrogens with one attached hydrogen (secondary N) is 1. The number of amides is 1. The van der Waals surface area contributed by atoms with E-state index in [1.807, 2.05) is 0 Å². The van der Waals surface area contributed by atoms with Crippen molar-refractivity contribution in [1.29, 1.82) is 0 Å².